The molecule has 0 N–H and O–H groups in total. The van der Waals surface area contributed by atoms with Gasteiger partial charge in [-0.15, -0.1) is 0 Å². The third kappa shape index (κ3) is 1.80. The largest absolute Gasteiger partial charge is 0.472 e. The summed E-state index contributed by atoms with van der Waals surface area (Å²) >= 11 is 3.35. The number of benzene rings is 1. The van der Waals surface area contributed by atoms with Gasteiger partial charge in [-0.05, 0) is 24.3 Å². The minimum absolute atomic E-state index is 0.369. The van der Waals surface area contributed by atoms with Crippen molar-refractivity contribution in [3.8, 4) is 11.1 Å². The van der Waals surface area contributed by atoms with Gasteiger partial charge in [-0.3, -0.25) is 0 Å². The molecule has 0 atom stereocenters. The average molecular weight is 291 g/mol. The molecule has 3 aromatic rings. The molecule has 17 heavy (non-hydrogen) atoms. The van der Waals surface area contributed by atoms with Crippen molar-refractivity contribution in [2.75, 3.05) is 0 Å². The van der Waals surface area contributed by atoms with Crippen LogP contribution >= 0.6 is 15.9 Å². The first kappa shape index (κ1) is 10.4. The molecule has 0 aliphatic heterocycles. The Balaban J connectivity index is 2.42. The fraction of sp³-hybridized carbons (Fsp3) is 0. The summed E-state index contributed by atoms with van der Waals surface area (Å²) in [6, 6.07) is 8.88. The Hall–Kier alpha value is -1.81. The van der Waals surface area contributed by atoms with Gasteiger partial charge in [-0.2, -0.15) is 0 Å². The first-order valence-electron chi connectivity index (χ1n) is 5.00. The summed E-state index contributed by atoms with van der Waals surface area (Å²) < 4.78 is 11.1. The second kappa shape index (κ2) is 3.89. The van der Waals surface area contributed by atoms with Crippen molar-refractivity contribution in [1.29, 1.82) is 0 Å². The van der Waals surface area contributed by atoms with E-state index < -0.39 is 0 Å². The van der Waals surface area contributed by atoms with E-state index in [0.717, 1.165) is 21.0 Å². The predicted molar refractivity (Wildman–Crippen MR) is 67.9 cm³/mol. The molecule has 3 rings (SSSR count). The van der Waals surface area contributed by atoms with Crippen LogP contribution in [-0.2, 0) is 0 Å². The Morgan fingerprint density at radius 3 is 2.76 bits per heavy atom. The lowest BCUT2D eigenvalue weighted by Crippen LogP contribution is -1.97. The van der Waals surface area contributed by atoms with Crippen LogP contribution in [0.5, 0.6) is 0 Å². The van der Waals surface area contributed by atoms with Crippen molar-refractivity contribution in [1.82, 2.24) is 0 Å². The number of furan rings is 1. The lowest BCUT2D eigenvalue weighted by molar-refractivity contribution is 0.560. The Labute approximate surface area is 105 Å². The van der Waals surface area contributed by atoms with E-state index in [2.05, 4.69) is 15.9 Å². The van der Waals surface area contributed by atoms with Crippen LogP contribution < -0.4 is 5.63 Å². The predicted octanol–water partition coefficient (Wildman–Crippen LogP) is 3.82. The number of fused-ring (bicyclic) bond motifs is 1. The summed E-state index contributed by atoms with van der Waals surface area (Å²) in [6.07, 6.45) is 3.19. The van der Waals surface area contributed by atoms with E-state index in [-0.39, 0.29) is 5.63 Å². The van der Waals surface area contributed by atoms with Crippen LogP contribution in [0.4, 0.5) is 0 Å². The Bertz CT molecular complexity index is 726. The second-order valence-electron chi connectivity index (χ2n) is 3.63. The smallest absolute Gasteiger partial charge is 0.336 e. The molecule has 0 amide bonds. The lowest BCUT2D eigenvalue weighted by atomic mass is 10.1. The molecule has 84 valence electrons. The quantitative estimate of drug-likeness (QED) is 0.640. The van der Waals surface area contributed by atoms with Gasteiger partial charge in [0.15, 0.2) is 0 Å². The zero-order valence-electron chi connectivity index (χ0n) is 8.64. The van der Waals surface area contributed by atoms with Crippen LogP contribution in [0.3, 0.4) is 0 Å². The van der Waals surface area contributed by atoms with Gasteiger partial charge in [0.05, 0.1) is 12.5 Å². The highest BCUT2D eigenvalue weighted by molar-refractivity contribution is 9.10. The summed E-state index contributed by atoms with van der Waals surface area (Å²) in [4.78, 5) is 11.5. The molecule has 0 saturated heterocycles. The molecular formula is C13H7BrO3. The maximum Gasteiger partial charge on any atom is 0.336 e. The molecule has 3 nitrogen and oxygen atoms in total. The van der Waals surface area contributed by atoms with Crippen molar-refractivity contribution < 1.29 is 8.83 Å². The highest BCUT2D eigenvalue weighted by Gasteiger charge is 2.08. The van der Waals surface area contributed by atoms with Crippen LogP contribution in [-0.4, -0.2) is 0 Å². The van der Waals surface area contributed by atoms with Gasteiger partial charge < -0.3 is 8.83 Å². The zero-order chi connectivity index (χ0) is 11.8. The third-order valence-corrected chi connectivity index (χ3v) is 3.03. The average Bonchev–Trinajstić information content (AvgIpc) is 2.80. The van der Waals surface area contributed by atoms with Crippen molar-refractivity contribution in [3.63, 3.8) is 0 Å². The molecule has 0 spiro atoms. The molecule has 2 aromatic heterocycles. The number of halogens is 1. The third-order valence-electron chi connectivity index (χ3n) is 2.54. The summed E-state index contributed by atoms with van der Waals surface area (Å²) in [7, 11) is 0. The molecule has 0 saturated carbocycles. The van der Waals surface area contributed by atoms with Gasteiger partial charge in [0.2, 0.25) is 0 Å². The van der Waals surface area contributed by atoms with Crippen molar-refractivity contribution in [3.05, 3.63) is 57.8 Å². The van der Waals surface area contributed by atoms with Gasteiger partial charge in [0, 0.05) is 27.1 Å². The van der Waals surface area contributed by atoms with Gasteiger partial charge >= 0.3 is 5.63 Å². The van der Waals surface area contributed by atoms with Gasteiger partial charge in [0.25, 0.3) is 0 Å². The van der Waals surface area contributed by atoms with E-state index in [9.17, 15) is 4.79 Å². The minimum atomic E-state index is -0.369. The van der Waals surface area contributed by atoms with Crippen LogP contribution in [0.15, 0.2) is 61.0 Å². The van der Waals surface area contributed by atoms with Gasteiger partial charge in [0.1, 0.15) is 5.58 Å². The van der Waals surface area contributed by atoms with Crippen molar-refractivity contribution >= 4 is 26.9 Å². The van der Waals surface area contributed by atoms with E-state index in [1.165, 1.54) is 6.07 Å². The minimum Gasteiger partial charge on any atom is -0.472 e. The summed E-state index contributed by atoms with van der Waals surface area (Å²) in [5, 5.41) is 0.884. The topological polar surface area (TPSA) is 43.4 Å². The zero-order valence-corrected chi connectivity index (χ0v) is 10.2. The van der Waals surface area contributed by atoms with E-state index in [1.807, 2.05) is 18.2 Å². The molecule has 0 radical (unpaired) electrons. The van der Waals surface area contributed by atoms with Crippen LogP contribution in [0.2, 0.25) is 0 Å². The maximum absolute atomic E-state index is 11.5. The molecule has 1 aromatic carbocycles. The first-order chi connectivity index (χ1) is 8.24. The number of hydrogen-bond donors (Lipinski definition) is 0. The monoisotopic (exact) mass is 290 g/mol. The SMILES string of the molecule is O=c1cc(-c2ccoc2)c2ccc(Br)cc2o1. The Morgan fingerprint density at radius 1 is 1.12 bits per heavy atom. The molecule has 0 fully saturated rings. The molecule has 4 heteroatoms. The van der Waals surface area contributed by atoms with E-state index in [1.54, 1.807) is 18.6 Å². The molecule has 2 heterocycles. The van der Waals surface area contributed by atoms with Crippen LogP contribution in [0.1, 0.15) is 0 Å². The molecular weight excluding hydrogens is 284 g/mol. The molecule has 0 unspecified atom stereocenters. The van der Waals surface area contributed by atoms with E-state index in [4.69, 9.17) is 8.83 Å². The van der Waals surface area contributed by atoms with E-state index >= 15 is 0 Å². The maximum atomic E-state index is 11.5. The Kier molecular flexibility index (Phi) is 2.37. The van der Waals surface area contributed by atoms with Crippen LogP contribution in [0, 0.1) is 0 Å². The molecule has 0 bridgehead atoms. The molecule has 0 aliphatic carbocycles. The van der Waals surface area contributed by atoms with Crippen LogP contribution in [0.25, 0.3) is 22.1 Å². The Morgan fingerprint density at radius 2 is 2.00 bits per heavy atom. The molecule has 0 aliphatic rings. The van der Waals surface area contributed by atoms with Gasteiger partial charge in [-0.1, -0.05) is 15.9 Å². The van der Waals surface area contributed by atoms with Crippen molar-refractivity contribution in [2.45, 2.75) is 0 Å². The first-order valence-corrected chi connectivity index (χ1v) is 5.79. The lowest BCUT2D eigenvalue weighted by Gasteiger charge is -2.02. The fourth-order valence-corrected chi connectivity index (χ4v) is 2.13. The fourth-order valence-electron chi connectivity index (χ4n) is 1.79. The summed E-state index contributed by atoms with van der Waals surface area (Å²) in [6.45, 7) is 0. The normalized spacial score (nSPS) is 10.9. The van der Waals surface area contributed by atoms with Gasteiger partial charge in [-0.25, -0.2) is 4.79 Å². The highest BCUT2D eigenvalue weighted by atomic mass is 79.9. The summed E-state index contributed by atoms with van der Waals surface area (Å²) in [5.41, 5.74) is 1.87. The number of rotatable bonds is 1. The van der Waals surface area contributed by atoms with Crippen molar-refractivity contribution in [2.24, 2.45) is 0 Å². The standard InChI is InChI=1S/C13H7BrO3/c14-9-1-2-10-11(8-3-4-16-7-8)6-13(15)17-12(10)5-9/h1-7H. The number of hydrogen-bond acceptors (Lipinski definition) is 3. The highest BCUT2D eigenvalue weighted by Crippen LogP contribution is 2.29. The second-order valence-corrected chi connectivity index (χ2v) is 4.55. The van der Waals surface area contributed by atoms with E-state index in [0.29, 0.717) is 5.58 Å². The summed E-state index contributed by atoms with van der Waals surface area (Å²) in [5.74, 6) is 0.